The van der Waals surface area contributed by atoms with E-state index in [4.69, 9.17) is 4.74 Å². The maximum atomic E-state index is 12.2. The van der Waals surface area contributed by atoms with Gasteiger partial charge in [-0.25, -0.2) is 4.79 Å². The van der Waals surface area contributed by atoms with Crippen molar-refractivity contribution < 1.29 is 14.3 Å². The van der Waals surface area contributed by atoms with Crippen LogP contribution in [-0.4, -0.2) is 18.5 Å². The van der Waals surface area contributed by atoms with Crippen LogP contribution in [0.4, 0.5) is 5.69 Å². The zero-order valence-corrected chi connectivity index (χ0v) is 15.1. The maximum absolute atomic E-state index is 12.2. The Hall–Kier alpha value is -3.40. The monoisotopic (exact) mass is 359 g/mol. The number of nitrogens with one attached hydrogen (secondary N) is 1. The molecule has 0 atom stereocenters. The number of benzene rings is 3. The number of hydrogen-bond acceptors (Lipinski definition) is 3. The summed E-state index contributed by atoms with van der Waals surface area (Å²) in [4.78, 5) is 24.0. The van der Waals surface area contributed by atoms with Crippen molar-refractivity contribution in [2.24, 2.45) is 0 Å². The summed E-state index contributed by atoms with van der Waals surface area (Å²) in [5, 5.41) is 5.02. The summed E-state index contributed by atoms with van der Waals surface area (Å²) in [6.07, 6.45) is 4.09. The van der Waals surface area contributed by atoms with Gasteiger partial charge in [0, 0.05) is 11.8 Å². The molecule has 0 heterocycles. The summed E-state index contributed by atoms with van der Waals surface area (Å²) in [5.74, 6) is -0.588. The minimum Gasteiger partial charge on any atom is -0.462 e. The third kappa shape index (κ3) is 4.82. The van der Waals surface area contributed by atoms with Crippen LogP contribution < -0.4 is 5.32 Å². The first-order valence-electron chi connectivity index (χ1n) is 8.91. The molecule has 0 unspecified atom stereocenters. The highest BCUT2D eigenvalue weighted by molar-refractivity contribution is 6.03. The Morgan fingerprint density at radius 2 is 1.70 bits per heavy atom. The van der Waals surface area contributed by atoms with Gasteiger partial charge >= 0.3 is 5.97 Å². The van der Waals surface area contributed by atoms with Crippen molar-refractivity contribution >= 4 is 34.4 Å². The second-order valence-corrected chi connectivity index (χ2v) is 6.10. The van der Waals surface area contributed by atoms with Crippen molar-refractivity contribution in [3.05, 3.63) is 83.9 Å². The van der Waals surface area contributed by atoms with Crippen LogP contribution in [0.2, 0.25) is 0 Å². The predicted octanol–water partition coefficient (Wildman–Crippen LogP) is 5.06. The number of ether oxygens (including phenoxy) is 1. The Bertz CT molecular complexity index is 969. The molecule has 0 spiro atoms. The minimum atomic E-state index is -0.356. The third-order valence-electron chi connectivity index (χ3n) is 4.06. The van der Waals surface area contributed by atoms with Crippen molar-refractivity contribution in [3.8, 4) is 0 Å². The maximum Gasteiger partial charge on any atom is 0.338 e. The van der Waals surface area contributed by atoms with E-state index in [2.05, 4.69) is 5.32 Å². The van der Waals surface area contributed by atoms with Gasteiger partial charge in [-0.2, -0.15) is 0 Å². The molecule has 1 amide bonds. The molecular weight excluding hydrogens is 338 g/mol. The molecular formula is C23H21NO3. The van der Waals surface area contributed by atoms with Gasteiger partial charge in [0.15, 0.2) is 0 Å². The standard InChI is InChI=1S/C23H21NO3/c1-2-16-27-23(26)19-10-13-20(14-11-19)24-22(25)15-12-18-8-5-7-17-6-3-4-9-21(17)18/h3-15H,2,16H2,1H3,(H,24,25)/b15-12+. The Morgan fingerprint density at radius 3 is 2.48 bits per heavy atom. The number of amides is 1. The van der Waals surface area contributed by atoms with Gasteiger partial charge < -0.3 is 10.1 Å². The van der Waals surface area contributed by atoms with E-state index in [1.165, 1.54) is 6.08 Å². The average Bonchev–Trinajstić information content (AvgIpc) is 2.71. The van der Waals surface area contributed by atoms with Crippen LogP contribution in [0.15, 0.2) is 72.8 Å². The summed E-state index contributed by atoms with van der Waals surface area (Å²) in [6, 6.07) is 20.7. The van der Waals surface area contributed by atoms with Crippen molar-refractivity contribution in [1.29, 1.82) is 0 Å². The van der Waals surface area contributed by atoms with Gasteiger partial charge in [-0.3, -0.25) is 4.79 Å². The van der Waals surface area contributed by atoms with Crippen molar-refractivity contribution in [1.82, 2.24) is 0 Å². The van der Waals surface area contributed by atoms with E-state index in [1.807, 2.05) is 49.4 Å². The summed E-state index contributed by atoms with van der Waals surface area (Å²) in [6.45, 7) is 2.34. The molecule has 0 saturated heterocycles. The smallest absolute Gasteiger partial charge is 0.338 e. The van der Waals surface area contributed by atoms with Gasteiger partial charge in [-0.1, -0.05) is 49.4 Å². The van der Waals surface area contributed by atoms with Gasteiger partial charge in [-0.05, 0) is 53.1 Å². The van der Waals surface area contributed by atoms with Crippen LogP contribution in [-0.2, 0) is 9.53 Å². The van der Waals surface area contributed by atoms with Crippen molar-refractivity contribution in [2.75, 3.05) is 11.9 Å². The van der Waals surface area contributed by atoms with E-state index in [0.29, 0.717) is 17.9 Å². The van der Waals surface area contributed by atoms with Gasteiger partial charge in [-0.15, -0.1) is 0 Å². The SMILES string of the molecule is CCCOC(=O)c1ccc(NC(=O)/C=C/c2cccc3ccccc23)cc1. The van der Waals surface area contributed by atoms with E-state index in [-0.39, 0.29) is 11.9 Å². The lowest BCUT2D eigenvalue weighted by Gasteiger charge is -2.05. The molecule has 3 rings (SSSR count). The Kier molecular flexibility index (Phi) is 6.00. The zero-order chi connectivity index (χ0) is 19.1. The van der Waals surface area contributed by atoms with Crippen molar-refractivity contribution in [3.63, 3.8) is 0 Å². The first kappa shape index (κ1) is 18.4. The number of fused-ring (bicyclic) bond motifs is 1. The number of esters is 1. The lowest BCUT2D eigenvalue weighted by atomic mass is 10.0. The second-order valence-electron chi connectivity index (χ2n) is 6.10. The van der Waals surface area contributed by atoms with Crippen LogP contribution in [0.3, 0.4) is 0 Å². The molecule has 4 nitrogen and oxygen atoms in total. The summed E-state index contributed by atoms with van der Waals surface area (Å²) in [7, 11) is 0. The highest BCUT2D eigenvalue weighted by atomic mass is 16.5. The molecule has 0 aliphatic heterocycles. The Balaban J connectivity index is 1.65. The first-order chi connectivity index (χ1) is 13.2. The van der Waals surface area contributed by atoms with Crippen molar-refractivity contribution in [2.45, 2.75) is 13.3 Å². The molecule has 0 fully saturated rings. The van der Waals surface area contributed by atoms with Gasteiger partial charge in [0.05, 0.1) is 12.2 Å². The Labute approximate surface area is 158 Å². The average molecular weight is 359 g/mol. The molecule has 4 heteroatoms. The summed E-state index contributed by atoms with van der Waals surface area (Å²) < 4.78 is 5.08. The highest BCUT2D eigenvalue weighted by Gasteiger charge is 2.07. The predicted molar refractivity (Wildman–Crippen MR) is 109 cm³/mol. The van der Waals surface area contributed by atoms with E-state index in [9.17, 15) is 9.59 Å². The molecule has 0 saturated carbocycles. The molecule has 1 N–H and O–H groups in total. The molecule has 3 aromatic carbocycles. The fourth-order valence-electron chi connectivity index (χ4n) is 2.71. The van der Waals surface area contributed by atoms with Crippen LogP contribution in [0.1, 0.15) is 29.3 Å². The number of anilines is 1. The molecule has 136 valence electrons. The van der Waals surface area contributed by atoms with E-state index >= 15 is 0 Å². The molecule has 0 aliphatic rings. The van der Waals surface area contributed by atoms with E-state index in [1.54, 1.807) is 30.3 Å². The highest BCUT2D eigenvalue weighted by Crippen LogP contribution is 2.19. The molecule has 0 aromatic heterocycles. The fraction of sp³-hybridized carbons (Fsp3) is 0.130. The van der Waals surface area contributed by atoms with E-state index < -0.39 is 0 Å². The summed E-state index contributed by atoms with van der Waals surface area (Å²) in [5.41, 5.74) is 2.07. The minimum absolute atomic E-state index is 0.232. The van der Waals surface area contributed by atoms with Crippen LogP contribution >= 0.6 is 0 Å². The third-order valence-corrected chi connectivity index (χ3v) is 4.06. The van der Waals surface area contributed by atoms with Gasteiger partial charge in [0.1, 0.15) is 0 Å². The number of rotatable bonds is 6. The topological polar surface area (TPSA) is 55.4 Å². The van der Waals surface area contributed by atoms with Crippen LogP contribution in [0.5, 0.6) is 0 Å². The number of carbonyl (C=O) groups is 2. The second kappa shape index (κ2) is 8.81. The number of hydrogen-bond donors (Lipinski definition) is 1. The zero-order valence-electron chi connectivity index (χ0n) is 15.1. The fourth-order valence-corrected chi connectivity index (χ4v) is 2.71. The van der Waals surface area contributed by atoms with Gasteiger partial charge in [0.2, 0.25) is 5.91 Å². The molecule has 27 heavy (non-hydrogen) atoms. The molecule has 0 bridgehead atoms. The molecule has 0 aliphatic carbocycles. The lowest BCUT2D eigenvalue weighted by molar-refractivity contribution is -0.111. The number of carbonyl (C=O) groups excluding carboxylic acids is 2. The van der Waals surface area contributed by atoms with Gasteiger partial charge in [0.25, 0.3) is 0 Å². The Morgan fingerprint density at radius 1 is 0.963 bits per heavy atom. The normalized spacial score (nSPS) is 10.9. The first-order valence-corrected chi connectivity index (χ1v) is 8.91. The van der Waals surface area contributed by atoms with E-state index in [0.717, 1.165) is 22.8 Å². The largest absolute Gasteiger partial charge is 0.462 e. The summed E-state index contributed by atoms with van der Waals surface area (Å²) >= 11 is 0. The quantitative estimate of drug-likeness (QED) is 0.494. The molecule has 3 aromatic rings. The molecule has 0 radical (unpaired) electrons. The van der Waals surface area contributed by atoms with Crippen LogP contribution in [0, 0.1) is 0 Å². The lowest BCUT2D eigenvalue weighted by Crippen LogP contribution is -2.09. The van der Waals surface area contributed by atoms with Crippen LogP contribution in [0.25, 0.3) is 16.8 Å².